The molecule has 2 heterocycles. The lowest BCUT2D eigenvalue weighted by atomic mass is 9.94. The first kappa shape index (κ1) is 14.2. The summed E-state index contributed by atoms with van der Waals surface area (Å²) >= 11 is 0. The van der Waals surface area contributed by atoms with E-state index < -0.39 is 4.92 Å². The molecule has 7 heteroatoms. The summed E-state index contributed by atoms with van der Waals surface area (Å²) in [5, 5.41) is 22.9. The van der Waals surface area contributed by atoms with Crippen LogP contribution >= 0.6 is 0 Å². The molecule has 0 aromatic carbocycles. The molecule has 1 N–H and O–H groups in total. The lowest BCUT2D eigenvalue weighted by Crippen LogP contribution is -2.40. The van der Waals surface area contributed by atoms with Crippen molar-refractivity contribution in [1.29, 1.82) is 5.26 Å². The predicted octanol–water partition coefficient (Wildman–Crippen LogP) is 2.23. The van der Waals surface area contributed by atoms with Crippen LogP contribution in [0.25, 0.3) is 0 Å². The zero-order chi connectivity index (χ0) is 14.8. The minimum absolute atomic E-state index is 0.175. The van der Waals surface area contributed by atoms with Gasteiger partial charge in [-0.2, -0.15) is 5.26 Å². The van der Waals surface area contributed by atoms with Crippen molar-refractivity contribution >= 4 is 11.5 Å². The number of aromatic nitrogens is 1. The van der Waals surface area contributed by atoms with Gasteiger partial charge in [-0.25, -0.2) is 4.98 Å². The Labute approximate surface area is 116 Å². The fourth-order valence-corrected chi connectivity index (χ4v) is 2.33. The van der Waals surface area contributed by atoms with E-state index in [0.29, 0.717) is 12.4 Å². The molecule has 0 radical (unpaired) electrons. The molecular weight excluding hydrogens is 260 g/mol. The van der Waals surface area contributed by atoms with Crippen molar-refractivity contribution in [3.05, 3.63) is 27.9 Å². The number of hydrogen-bond donors (Lipinski definition) is 1. The summed E-state index contributed by atoms with van der Waals surface area (Å²) in [4.78, 5) is 14.1. The van der Waals surface area contributed by atoms with Crippen LogP contribution in [0.5, 0.6) is 0 Å². The summed E-state index contributed by atoms with van der Waals surface area (Å²) in [5.74, 6) is 0.481. The molecular formula is C13H16N4O3. The molecule has 0 aliphatic carbocycles. The van der Waals surface area contributed by atoms with Gasteiger partial charge in [0.1, 0.15) is 11.9 Å². The molecule has 0 saturated carbocycles. The topological polar surface area (TPSA) is 101 Å². The molecule has 0 bridgehead atoms. The maximum atomic E-state index is 10.7. The third-order valence-corrected chi connectivity index (χ3v) is 3.23. The standard InChI is InChI=1S/C13H16N4O3/c1-13(2)7-9(5-6-20-13)15-12-4-3-11(17(18)19)10(8-14)16-12/h3-4,9H,5-7H2,1-2H3,(H,15,16). The Hall–Kier alpha value is -2.20. The number of rotatable bonds is 3. The Kier molecular flexibility index (Phi) is 3.86. The summed E-state index contributed by atoms with van der Waals surface area (Å²) < 4.78 is 5.63. The Bertz CT molecular complexity index is 565. The maximum absolute atomic E-state index is 10.7. The van der Waals surface area contributed by atoms with Gasteiger partial charge in [-0.05, 0) is 32.8 Å². The SMILES string of the molecule is CC1(C)CC(Nc2ccc([N+](=O)[O-])c(C#N)n2)CCO1. The monoisotopic (exact) mass is 276 g/mol. The number of pyridine rings is 1. The second kappa shape index (κ2) is 5.43. The van der Waals surface area contributed by atoms with Crippen LogP contribution in [-0.4, -0.2) is 28.2 Å². The Balaban J connectivity index is 2.14. The molecule has 1 fully saturated rings. The lowest BCUT2D eigenvalue weighted by molar-refractivity contribution is -0.385. The molecule has 1 aromatic heterocycles. The summed E-state index contributed by atoms with van der Waals surface area (Å²) in [5.41, 5.74) is -0.647. The first-order valence-electron chi connectivity index (χ1n) is 6.37. The van der Waals surface area contributed by atoms with Gasteiger partial charge in [0.25, 0.3) is 0 Å². The highest BCUT2D eigenvalue weighted by Crippen LogP contribution is 2.26. The molecule has 0 spiro atoms. The van der Waals surface area contributed by atoms with E-state index in [-0.39, 0.29) is 23.0 Å². The number of anilines is 1. The molecule has 20 heavy (non-hydrogen) atoms. The van der Waals surface area contributed by atoms with Crippen LogP contribution < -0.4 is 5.32 Å². The predicted molar refractivity (Wildman–Crippen MR) is 72.3 cm³/mol. The van der Waals surface area contributed by atoms with Crippen molar-refractivity contribution in [2.75, 3.05) is 11.9 Å². The second-order valence-electron chi connectivity index (χ2n) is 5.38. The van der Waals surface area contributed by atoms with Crippen molar-refractivity contribution in [3.63, 3.8) is 0 Å². The van der Waals surface area contributed by atoms with Gasteiger partial charge in [0.15, 0.2) is 0 Å². The Morgan fingerprint density at radius 1 is 1.60 bits per heavy atom. The zero-order valence-electron chi connectivity index (χ0n) is 11.4. The number of nitrogens with one attached hydrogen (secondary N) is 1. The largest absolute Gasteiger partial charge is 0.375 e. The van der Waals surface area contributed by atoms with E-state index in [4.69, 9.17) is 10.00 Å². The maximum Gasteiger partial charge on any atom is 0.305 e. The van der Waals surface area contributed by atoms with Gasteiger partial charge >= 0.3 is 5.69 Å². The molecule has 7 nitrogen and oxygen atoms in total. The summed E-state index contributed by atoms with van der Waals surface area (Å²) in [6.45, 7) is 4.69. The van der Waals surface area contributed by atoms with Crippen molar-refractivity contribution in [2.45, 2.75) is 38.3 Å². The fraction of sp³-hybridized carbons (Fsp3) is 0.538. The average molecular weight is 276 g/mol. The summed E-state index contributed by atoms with van der Waals surface area (Å²) in [6, 6.07) is 4.77. The van der Waals surface area contributed by atoms with E-state index in [2.05, 4.69) is 10.3 Å². The highest BCUT2D eigenvalue weighted by molar-refractivity contribution is 5.50. The molecule has 1 aromatic rings. The Morgan fingerprint density at radius 3 is 2.95 bits per heavy atom. The summed E-state index contributed by atoms with van der Waals surface area (Å²) in [6.07, 6.45) is 1.65. The minimum atomic E-state index is -0.604. The van der Waals surface area contributed by atoms with Crippen molar-refractivity contribution in [1.82, 2.24) is 4.98 Å². The van der Waals surface area contributed by atoms with Gasteiger partial charge in [0.2, 0.25) is 5.69 Å². The van der Waals surface area contributed by atoms with E-state index in [1.165, 1.54) is 12.1 Å². The highest BCUT2D eigenvalue weighted by Gasteiger charge is 2.29. The first-order chi connectivity index (χ1) is 9.41. The molecule has 1 unspecified atom stereocenters. The average Bonchev–Trinajstić information content (AvgIpc) is 2.37. The number of hydrogen-bond acceptors (Lipinski definition) is 6. The number of nitriles is 1. The zero-order valence-corrected chi connectivity index (χ0v) is 11.4. The van der Waals surface area contributed by atoms with Crippen LogP contribution in [0.2, 0.25) is 0 Å². The molecule has 1 aliphatic heterocycles. The third-order valence-electron chi connectivity index (χ3n) is 3.23. The van der Waals surface area contributed by atoms with Crippen molar-refractivity contribution < 1.29 is 9.66 Å². The molecule has 1 atom stereocenters. The molecule has 1 aliphatic rings. The van der Waals surface area contributed by atoms with Crippen LogP contribution in [0.1, 0.15) is 32.4 Å². The normalized spacial score (nSPS) is 20.9. The fourth-order valence-electron chi connectivity index (χ4n) is 2.33. The van der Waals surface area contributed by atoms with Gasteiger partial charge in [-0.1, -0.05) is 0 Å². The van der Waals surface area contributed by atoms with Gasteiger partial charge in [0.05, 0.1) is 10.5 Å². The lowest BCUT2D eigenvalue weighted by Gasteiger charge is -2.36. The smallest absolute Gasteiger partial charge is 0.305 e. The van der Waals surface area contributed by atoms with Crippen molar-refractivity contribution in [2.24, 2.45) is 0 Å². The van der Waals surface area contributed by atoms with E-state index in [9.17, 15) is 10.1 Å². The third kappa shape index (κ3) is 3.22. The Morgan fingerprint density at radius 2 is 2.35 bits per heavy atom. The van der Waals surface area contributed by atoms with Crippen molar-refractivity contribution in [3.8, 4) is 6.07 Å². The van der Waals surface area contributed by atoms with Crippen LogP contribution in [-0.2, 0) is 4.74 Å². The van der Waals surface area contributed by atoms with E-state index in [1.54, 1.807) is 6.07 Å². The van der Waals surface area contributed by atoms with Crippen LogP contribution in [0.3, 0.4) is 0 Å². The van der Waals surface area contributed by atoms with Gasteiger partial charge in [-0.15, -0.1) is 0 Å². The van der Waals surface area contributed by atoms with E-state index in [1.807, 2.05) is 13.8 Å². The molecule has 106 valence electrons. The number of nitrogens with zero attached hydrogens (tertiary/aromatic N) is 3. The van der Waals surface area contributed by atoms with Crippen LogP contribution in [0.15, 0.2) is 12.1 Å². The molecule has 0 amide bonds. The van der Waals surface area contributed by atoms with Crippen LogP contribution in [0, 0.1) is 21.4 Å². The second-order valence-corrected chi connectivity index (χ2v) is 5.38. The van der Waals surface area contributed by atoms with Gasteiger partial charge < -0.3 is 10.1 Å². The van der Waals surface area contributed by atoms with E-state index in [0.717, 1.165) is 12.8 Å². The summed E-state index contributed by atoms with van der Waals surface area (Å²) in [7, 11) is 0. The molecule has 2 rings (SSSR count). The van der Waals surface area contributed by atoms with Gasteiger partial charge in [-0.3, -0.25) is 10.1 Å². The first-order valence-corrected chi connectivity index (χ1v) is 6.37. The minimum Gasteiger partial charge on any atom is -0.375 e. The quantitative estimate of drug-likeness (QED) is 0.671. The highest BCUT2D eigenvalue weighted by atomic mass is 16.6. The van der Waals surface area contributed by atoms with E-state index >= 15 is 0 Å². The van der Waals surface area contributed by atoms with Crippen LogP contribution in [0.4, 0.5) is 11.5 Å². The number of nitro groups is 1. The number of ether oxygens (including phenoxy) is 1. The molecule has 1 saturated heterocycles. The van der Waals surface area contributed by atoms with Gasteiger partial charge in [0, 0.05) is 18.7 Å².